The first-order valence-electron chi connectivity index (χ1n) is 18.2. The fraction of sp³-hybridized carbons (Fsp3) is 0.553. The number of nitrogens with zero attached hydrogens (tertiary/aromatic N) is 4. The molecule has 1 saturated heterocycles. The topological polar surface area (TPSA) is 186 Å². The van der Waals surface area contributed by atoms with Crippen molar-refractivity contribution in [2.24, 2.45) is 5.41 Å². The first kappa shape index (κ1) is 39.0. The number of ketones is 1. The minimum absolute atomic E-state index is 0.00228. The van der Waals surface area contributed by atoms with Gasteiger partial charge in [0.1, 0.15) is 29.7 Å². The van der Waals surface area contributed by atoms with Gasteiger partial charge in [0.2, 0.25) is 17.6 Å². The van der Waals surface area contributed by atoms with E-state index in [-0.39, 0.29) is 25.4 Å². The van der Waals surface area contributed by atoms with Crippen LogP contribution in [0.4, 0.5) is 4.79 Å². The lowest BCUT2D eigenvalue weighted by Gasteiger charge is -2.36. The monoisotopic (exact) mass is 732 g/mol. The highest BCUT2D eigenvalue weighted by Crippen LogP contribution is 2.34. The van der Waals surface area contributed by atoms with Crippen molar-refractivity contribution in [2.75, 3.05) is 13.7 Å². The van der Waals surface area contributed by atoms with E-state index in [4.69, 9.17) is 14.5 Å². The molecule has 1 aromatic carbocycles. The zero-order valence-corrected chi connectivity index (χ0v) is 31.8. The summed E-state index contributed by atoms with van der Waals surface area (Å²) in [4.78, 5) is 74.0. The summed E-state index contributed by atoms with van der Waals surface area (Å²) in [5, 5.41) is 16.2. The van der Waals surface area contributed by atoms with Gasteiger partial charge in [-0.15, -0.1) is 0 Å². The van der Waals surface area contributed by atoms with Crippen LogP contribution in [0.3, 0.4) is 0 Å². The van der Waals surface area contributed by atoms with Crippen molar-refractivity contribution in [3.8, 4) is 17.3 Å². The van der Waals surface area contributed by atoms with Crippen LogP contribution in [0, 0.1) is 5.41 Å². The molecule has 0 bridgehead atoms. The highest BCUT2D eigenvalue weighted by molar-refractivity contribution is 6.38. The fourth-order valence-electron chi connectivity index (χ4n) is 6.25. The third-order valence-electron chi connectivity index (χ3n) is 9.07. The summed E-state index contributed by atoms with van der Waals surface area (Å²) >= 11 is 0. The zero-order valence-electron chi connectivity index (χ0n) is 31.8. The number of hydrogen-bond acceptors (Lipinski definition) is 9. The van der Waals surface area contributed by atoms with E-state index in [0.29, 0.717) is 34.6 Å². The number of carbonyl (C=O) groups excluding carboxylic acids is 5. The number of urea groups is 1. The number of rotatable bonds is 13. The van der Waals surface area contributed by atoms with Gasteiger partial charge in [-0.1, -0.05) is 34.1 Å². The van der Waals surface area contributed by atoms with Gasteiger partial charge in [0.25, 0.3) is 5.91 Å². The van der Waals surface area contributed by atoms with E-state index in [1.54, 1.807) is 48.5 Å². The van der Waals surface area contributed by atoms with Crippen molar-refractivity contribution in [1.82, 2.24) is 40.9 Å². The summed E-state index contributed by atoms with van der Waals surface area (Å²) in [7, 11) is 1.57. The molecule has 53 heavy (non-hydrogen) atoms. The number of carbonyl (C=O) groups is 5. The van der Waals surface area contributed by atoms with Crippen LogP contribution in [0.15, 0.2) is 42.7 Å². The van der Waals surface area contributed by atoms with E-state index in [1.807, 2.05) is 54.5 Å². The molecule has 1 aliphatic carbocycles. The number of amides is 5. The second-order valence-electron chi connectivity index (χ2n) is 15.9. The molecule has 286 valence electrons. The van der Waals surface area contributed by atoms with Gasteiger partial charge in [-0.2, -0.15) is 5.10 Å². The van der Waals surface area contributed by atoms with Gasteiger partial charge >= 0.3 is 6.03 Å². The minimum atomic E-state index is -1.08. The predicted molar refractivity (Wildman–Crippen MR) is 198 cm³/mol. The third kappa shape index (κ3) is 9.82. The molecule has 0 spiro atoms. The lowest BCUT2D eigenvalue weighted by atomic mass is 9.85. The summed E-state index contributed by atoms with van der Waals surface area (Å²) in [6.07, 6.45) is 5.17. The van der Waals surface area contributed by atoms with Gasteiger partial charge in [0.15, 0.2) is 5.82 Å². The summed E-state index contributed by atoms with van der Waals surface area (Å²) in [6, 6.07) is 5.17. The number of fused-ring (bicyclic) bond motifs is 1. The van der Waals surface area contributed by atoms with Crippen LogP contribution in [0.2, 0.25) is 0 Å². The lowest BCUT2D eigenvalue weighted by Crippen LogP contribution is -2.61. The molecule has 5 amide bonds. The summed E-state index contributed by atoms with van der Waals surface area (Å²) in [6.45, 7) is 12.8. The first-order valence-corrected chi connectivity index (χ1v) is 18.2. The van der Waals surface area contributed by atoms with Crippen LogP contribution in [0.25, 0.3) is 16.7 Å². The van der Waals surface area contributed by atoms with Gasteiger partial charge in [-0.3, -0.25) is 19.2 Å². The number of aromatic nitrogens is 3. The molecule has 4 N–H and O–H groups in total. The number of hydrogen-bond donors (Lipinski definition) is 4. The molecule has 0 radical (unpaired) electrons. The molecule has 5 rings (SSSR count). The molecule has 15 nitrogen and oxygen atoms in total. The minimum Gasteiger partial charge on any atom is -0.497 e. The zero-order chi connectivity index (χ0) is 38.7. The van der Waals surface area contributed by atoms with E-state index >= 15 is 0 Å². The number of benzene rings is 1. The SMILES string of the molecule is CCCC(NC(=O)[C@@H]1C[C@@H](Oc2cc(-n3cccn3)nc3cc(OC)ccc23)CN1C(=O)[C@@H](NC(=O)NC(C)(C)C)C(C)(C)C)C(=O)C(=O)NC1CC1. The summed E-state index contributed by atoms with van der Waals surface area (Å²) < 4.78 is 13.7. The molecular weight excluding hydrogens is 680 g/mol. The number of ether oxygens (including phenoxy) is 2. The van der Waals surface area contributed by atoms with Crippen LogP contribution in [0.5, 0.6) is 11.5 Å². The number of pyridine rings is 1. The predicted octanol–water partition coefficient (Wildman–Crippen LogP) is 3.42. The van der Waals surface area contributed by atoms with Crippen LogP contribution >= 0.6 is 0 Å². The van der Waals surface area contributed by atoms with Crippen molar-refractivity contribution >= 4 is 40.4 Å². The average molecular weight is 733 g/mol. The Balaban J connectivity index is 1.48. The second-order valence-corrected chi connectivity index (χ2v) is 15.9. The molecule has 2 fully saturated rings. The van der Waals surface area contributed by atoms with Crippen LogP contribution < -0.4 is 30.7 Å². The van der Waals surface area contributed by atoms with Gasteiger partial charge in [-0.05, 0) is 63.6 Å². The van der Waals surface area contributed by atoms with Crippen LogP contribution in [0.1, 0.15) is 80.6 Å². The van der Waals surface area contributed by atoms with E-state index in [2.05, 4.69) is 26.4 Å². The van der Waals surface area contributed by atoms with Crippen molar-refractivity contribution in [3.05, 3.63) is 42.7 Å². The lowest BCUT2D eigenvalue weighted by molar-refractivity contribution is -0.144. The number of Topliss-reactive ketones (excluding diaryl/α,β-unsaturated/α-hetero) is 1. The second kappa shape index (κ2) is 15.8. The quantitative estimate of drug-likeness (QED) is 0.191. The van der Waals surface area contributed by atoms with Crippen molar-refractivity contribution in [1.29, 1.82) is 0 Å². The van der Waals surface area contributed by atoms with Gasteiger partial charge in [0.05, 0.1) is 25.2 Å². The summed E-state index contributed by atoms with van der Waals surface area (Å²) in [5.74, 6) is -1.01. The molecule has 3 aromatic rings. The molecule has 3 heterocycles. The molecule has 4 atom stereocenters. The molecule has 1 aliphatic heterocycles. The van der Waals surface area contributed by atoms with Crippen LogP contribution in [-0.4, -0.2) is 98.7 Å². The van der Waals surface area contributed by atoms with E-state index < -0.39 is 64.7 Å². The average Bonchev–Trinajstić information content (AvgIpc) is 3.53. The maximum Gasteiger partial charge on any atom is 0.315 e. The molecular formula is C38H52N8O7. The Hall–Kier alpha value is -5.21. The van der Waals surface area contributed by atoms with Gasteiger partial charge in [0, 0.05) is 47.9 Å². The Morgan fingerprint density at radius 3 is 2.36 bits per heavy atom. The van der Waals surface area contributed by atoms with E-state index in [1.165, 1.54) is 4.90 Å². The molecule has 1 saturated carbocycles. The Morgan fingerprint density at radius 2 is 1.75 bits per heavy atom. The van der Waals surface area contributed by atoms with Gasteiger partial charge in [-0.25, -0.2) is 14.5 Å². The van der Waals surface area contributed by atoms with Crippen molar-refractivity contribution < 1.29 is 33.4 Å². The Morgan fingerprint density at radius 1 is 1.02 bits per heavy atom. The molecule has 2 aliphatic rings. The van der Waals surface area contributed by atoms with Crippen LogP contribution in [-0.2, 0) is 19.2 Å². The highest BCUT2D eigenvalue weighted by atomic mass is 16.5. The number of methoxy groups -OCH3 is 1. The maximum absolute atomic E-state index is 14.6. The molecule has 15 heteroatoms. The Kier molecular flexibility index (Phi) is 11.6. The van der Waals surface area contributed by atoms with Gasteiger partial charge < -0.3 is 35.6 Å². The summed E-state index contributed by atoms with van der Waals surface area (Å²) in [5.41, 5.74) is -0.740. The smallest absolute Gasteiger partial charge is 0.315 e. The maximum atomic E-state index is 14.6. The first-order chi connectivity index (χ1) is 25.0. The Labute approximate surface area is 309 Å². The van der Waals surface area contributed by atoms with Crippen molar-refractivity contribution in [3.63, 3.8) is 0 Å². The molecule has 1 unspecified atom stereocenters. The number of nitrogens with one attached hydrogen (secondary N) is 4. The van der Waals surface area contributed by atoms with E-state index in [9.17, 15) is 24.0 Å². The standard InChI is InChI=1S/C38H52N8O7/c1-9-11-26(31(47)34(49)40-22-12-13-22)42-33(48)28-19-24(21-45(28)35(50)32(37(2,3)4)43-36(51)44-38(5,6)7)53-29-20-30(46-17-10-16-39-46)41-27-18-23(52-8)14-15-25(27)29/h10,14-18,20,22,24,26,28,32H,9,11-13,19,21H2,1-8H3,(H,40,49)(H,42,48)(H2,43,44,51)/t24-,26?,28+,32-/m1/s1. The Bertz CT molecular complexity index is 1830. The number of likely N-dealkylation sites (tertiary alicyclic amines) is 1. The normalized spacial score (nSPS) is 18.5. The van der Waals surface area contributed by atoms with Crippen molar-refractivity contribution in [2.45, 2.75) is 116 Å². The largest absolute Gasteiger partial charge is 0.497 e. The highest BCUT2D eigenvalue weighted by Gasteiger charge is 2.47. The third-order valence-corrected chi connectivity index (χ3v) is 9.07. The van der Waals surface area contributed by atoms with E-state index in [0.717, 1.165) is 12.8 Å². The fourth-order valence-corrected chi connectivity index (χ4v) is 6.25. The molecule has 2 aromatic heterocycles.